The zero-order valence-corrected chi connectivity index (χ0v) is 10.7. The first-order valence-corrected chi connectivity index (χ1v) is 5.75. The number of hydrogen-bond donors (Lipinski definition) is 1. The van der Waals surface area contributed by atoms with Gasteiger partial charge in [0.25, 0.3) is 0 Å². The van der Waals surface area contributed by atoms with Crippen molar-refractivity contribution >= 4 is 11.4 Å². The van der Waals surface area contributed by atoms with E-state index in [1.807, 2.05) is 31.2 Å². The summed E-state index contributed by atoms with van der Waals surface area (Å²) in [5, 5.41) is 11.7. The predicted octanol–water partition coefficient (Wildman–Crippen LogP) is 3.76. The van der Waals surface area contributed by atoms with Gasteiger partial charge in [0.1, 0.15) is 11.6 Å². The van der Waals surface area contributed by atoms with Gasteiger partial charge in [-0.05, 0) is 42.8 Å². The number of ether oxygens (including phenoxy) is 1. The van der Waals surface area contributed by atoms with Crippen LogP contribution >= 0.6 is 0 Å². The van der Waals surface area contributed by atoms with Crippen molar-refractivity contribution in [1.29, 1.82) is 5.26 Å². The van der Waals surface area contributed by atoms with Crippen LogP contribution in [0.2, 0.25) is 0 Å². The molecule has 2 aromatic carbocycles. The Balaban J connectivity index is 2.36. The van der Waals surface area contributed by atoms with Gasteiger partial charge in [-0.15, -0.1) is 0 Å². The summed E-state index contributed by atoms with van der Waals surface area (Å²) in [6.07, 6.45) is 0. The summed E-state index contributed by atoms with van der Waals surface area (Å²) >= 11 is 0. The van der Waals surface area contributed by atoms with E-state index in [9.17, 15) is 4.39 Å². The van der Waals surface area contributed by atoms with Crippen molar-refractivity contribution in [2.45, 2.75) is 6.92 Å². The lowest BCUT2D eigenvalue weighted by Gasteiger charge is -2.12. The van der Waals surface area contributed by atoms with Crippen molar-refractivity contribution in [1.82, 2.24) is 0 Å². The molecule has 19 heavy (non-hydrogen) atoms. The summed E-state index contributed by atoms with van der Waals surface area (Å²) in [5.41, 5.74) is 2.32. The Bertz CT molecular complexity index is 647. The molecule has 3 nitrogen and oxygen atoms in total. The van der Waals surface area contributed by atoms with E-state index in [4.69, 9.17) is 10.00 Å². The molecule has 0 heterocycles. The maximum Gasteiger partial charge on any atom is 0.147 e. The van der Waals surface area contributed by atoms with Crippen LogP contribution < -0.4 is 10.1 Å². The van der Waals surface area contributed by atoms with Crippen LogP contribution in [0.5, 0.6) is 5.75 Å². The fraction of sp³-hybridized carbons (Fsp3) is 0.133. The average Bonchev–Trinajstić information content (AvgIpc) is 2.41. The number of anilines is 2. The van der Waals surface area contributed by atoms with E-state index in [1.165, 1.54) is 12.1 Å². The molecule has 2 rings (SSSR count). The number of rotatable bonds is 3. The molecule has 0 aliphatic carbocycles. The highest BCUT2D eigenvalue weighted by molar-refractivity contribution is 5.67. The zero-order chi connectivity index (χ0) is 13.8. The van der Waals surface area contributed by atoms with Gasteiger partial charge in [-0.2, -0.15) is 5.26 Å². The molecule has 0 fully saturated rings. The number of halogens is 1. The van der Waals surface area contributed by atoms with E-state index in [0.29, 0.717) is 22.7 Å². The third-order valence-corrected chi connectivity index (χ3v) is 2.72. The molecule has 0 radical (unpaired) electrons. The van der Waals surface area contributed by atoms with Crippen molar-refractivity contribution in [3.05, 3.63) is 53.3 Å². The minimum atomic E-state index is -0.470. The molecule has 0 saturated carbocycles. The van der Waals surface area contributed by atoms with Crippen molar-refractivity contribution in [3.8, 4) is 11.8 Å². The summed E-state index contributed by atoms with van der Waals surface area (Å²) in [6.45, 7) is 1.94. The monoisotopic (exact) mass is 256 g/mol. The van der Waals surface area contributed by atoms with Crippen molar-refractivity contribution in [2.24, 2.45) is 0 Å². The molecule has 0 spiro atoms. The van der Waals surface area contributed by atoms with Crippen LogP contribution in [-0.4, -0.2) is 7.11 Å². The maximum absolute atomic E-state index is 13.8. The first kappa shape index (κ1) is 12.9. The predicted molar refractivity (Wildman–Crippen MR) is 72.1 cm³/mol. The second-order valence-electron chi connectivity index (χ2n) is 4.14. The number of nitrogens with zero attached hydrogens (tertiary/aromatic N) is 1. The highest BCUT2D eigenvalue weighted by Gasteiger charge is 2.07. The Morgan fingerprint density at radius 1 is 1.16 bits per heavy atom. The first-order valence-electron chi connectivity index (χ1n) is 5.75. The molecule has 4 heteroatoms. The smallest absolute Gasteiger partial charge is 0.147 e. The standard InChI is InChI=1S/C15H13FN2O/c1-10-3-6-15(19-2)14(7-10)18-13-5-4-11(9-17)8-12(13)16/h3-8,18H,1-2H3. The lowest BCUT2D eigenvalue weighted by molar-refractivity contribution is 0.416. The summed E-state index contributed by atoms with van der Waals surface area (Å²) in [7, 11) is 1.56. The fourth-order valence-electron chi connectivity index (χ4n) is 1.75. The van der Waals surface area contributed by atoms with Crippen molar-refractivity contribution in [3.63, 3.8) is 0 Å². The van der Waals surface area contributed by atoms with Gasteiger partial charge in [0.2, 0.25) is 0 Å². The number of aryl methyl sites for hydroxylation is 1. The SMILES string of the molecule is COc1ccc(C)cc1Nc1ccc(C#N)cc1F. The van der Waals surface area contributed by atoms with Gasteiger partial charge in [-0.3, -0.25) is 0 Å². The number of nitriles is 1. The van der Waals surface area contributed by atoms with Crippen LogP contribution in [0.3, 0.4) is 0 Å². The Hall–Kier alpha value is -2.54. The van der Waals surface area contributed by atoms with E-state index in [0.717, 1.165) is 5.56 Å². The molecule has 0 atom stereocenters. The fourth-order valence-corrected chi connectivity index (χ4v) is 1.75. The molecule has 1 N–H and O–H groups in total. The van der Waals surface area contributed by atoms with E-state index in [2.05, 4.69) is 5.32 Å². The molecule has 0 aromatic heterocycles. The normalized spacial score (nSPS) is 9.79. The Morgan fingerprint density at radius 2 is 1.95 bits per heavy atom. The molecule has 0 bridgehead atoms. The topological polar surface area (TPSA) is 45.0 Å². The largest absolute Gasteiger partial charge is 0.495 e. The highest BCUT2D eigenvalue weighted by Crippen LogP contribution is 2.29. The van der Waals surface area contributed by atoms with Gasteiger partial charge < -0.3 is 10.1 Å². The third-order valence-electron chi connectivity index (χ3n) is 2.72. The lowest BCUT2D eigenvalue weighted by atomic mass is 10.1. The van der Waals surface area contributed by atoms with Crippen LogP contribution in [0.1, 0.15) is 11.1 Å². The molecule has 0 aliphatic heterocycles. The van der Waals surface area contributed by atoms with Crippen LogP contribution in [0.4, 0.5) is 15.8 Å². The van der Waals surface area contributed by atoms with Gasteiger partial charge in [-0.25, -0.2) is 4.39 Å². The lowest BCUT2D eigenvalue weighted by Crippen LogP contribution is -1.97. The van der Waals surface area contributed by atoms with Gasteiger partial charge in [0.05, 0.1) is 30.1 Å². The number of benzene rings is 2. The van der Waals surface area contributed by atoms with Crippen LogP contribution in [0.25, 0.3) is 0 Å². The van der Waals surface area contributed by atoms with Gasteiger partial charge in [0, 0.05) is 0 Å². The molecule has 0 unspecified atom stereocenters. The highest BCUT2D eigenvalue weighted by atomic mass is 19.1. The van der Waals surface area contributed by atoms with Crippen LogP contribution in [0.15, 0.2) is 36.4 Å². The number of methoxy groups -OCH3 is 1. The Kier molecular flexibility index (Phi) is 3.67. The van der Waals surface area contributed by atoms with Crippen molar-refractivity contribution < 1.29 is 9.13 Å². The molecule has 0 amide bonds. The van der Waals surface area contributed by atoms with E-state index in [-0.39, 0.29) is 0 Å². The second-order valence-corrected chi connectivity index (χ2v) is 4.14. The molecule has 2 aromatic rings. The van der Waals surface area contributed by atoms with E-state index >= 15 is 0 Å². The van der Waals surface area contributed by atoms with E-state index in [1.54, 1.807) is 13.2 Å². The average molecular weight is 256 g/mol. The molecule has 0 saturated heterocycles. The van der Waals surface area contributed by atoms with Crippen LogP contribution in [-0.2, 0) is 0 Å². The van der Waals surface area contributed by atoms with Gasteiger partial charge >= 0.3 is 0 Å². The van der Waals surface area contributed by atoms with Crippen molar-refractivity contribution in [2.75, 3.05) is 12.4 Å². The van der Waals surface area contributed by atoms with Crippen LogP contribution in [0, 0.1) is 24.1 Å². The summed E-state index contributed by atoms with van der Waals surface area (Å²) < 4.78 is 19.0. The maximum atomic E-state index is 13.8. The molecular formula is C15H13FN2O. The molecule has 96 valence electrons. The Labute approximate surface area is 111 Å². The van der Waals surface area contributed by atoms with E-state index < -0.39 is 5.82 Å². The summed E-state index contributed by atoms with van der Waals surface area (Å²) in [5.74, 6) is 0.164. The first-order chi connectivity index (χ1) is 9.13. The quantitative estimate of drug-likeness (QED) is 0.909. The second kappa shape index (κ2) is 5.40. The Morgan fingerprint density at radius 3 is 2.58 bits per heavy atom. The minimum absolute atomic E-state index is 0.291. The summed E-state index contributed by atoms with van der Waals surface area (Å²) in [4.78, 5) is 0. The summed E-state index contributed by atoms with van der Waals surface area (Å²) in [6, 6.07) is 11.8. The minimum Gasteiger partial charge on any atom is -0.495 e. The number of nitrogens with one attached hydrogen (secondary N) is 1. The van der Waals surface area contributed by atoms with Gasteiger partial charge in [0.15, 0.2) is 0 Å². The van der Waals surface area contributed by atoms with Gasteiger partial charge in [-0.1, -0.05) is 6.07 Å². The third kappa shape index (κ3) is 2.83. The molecule has 0 aliphatic rings. The molecular weight excluding hydrogens is 243 g/mol. The zero-order valence-electron chi connectivity index (χ0n) is 10.7. The number of hydrogen-bond acceptors (Lipinski definition) is 3.